The topological polar surface area (TPSA) is 35.2 Å². The van der Waals surface area contributed by atoms with E-state index in [0.29, 0.717) is 6.07 Å². The van der Waals surface area contributed by atoms with Gasteiger partial charge in [0.2, 0.25) is 5.82 Å². The van der Waals surface area contributed by atoms with Crippen LogP contribution < -0.4 is 10.5 Å². The Morgan fingerprint density at radius 3 is 2.35 bits per heavy atom. The van der Waals surface area contributed by atoms with Gasteiger partial charge in [0.15, 0.2) is 11.6 Å². The second-order valence-corrected chi connectivity index (χ2v) is 3.94. The van der Waals surface area contributed by atoms with Crippen molar-refractivity contribution in [2.75, 3.05) is 5.73 Å². The molecule has 0 saturated carbocycles. The fraction of sp³-hybridized carbons (Fsp3) is 0.0769. The molecule has 0 unspecified atom stereocenters. The molecule has 2 aromatic carbocycles. The van der Waals surface area contributed by atoms with Crippen LogP contribution in [0.25, 0.3) is 0 Å². The van der Waals surface area contributed by atoms with E-state index in [1.54, 1.807) is 0 Å². The predicted molar refractivity (Wildman–Crippen MR) is 62.3 cm³/mol. The van der Waals surface area contributed by atoms with Crippen LogP contribution in [0.15, 0.2) is 36.4 Å². The fourth-order valence-corrected chi connectivity index (χ4v) is 1.53. The number of hydrogen-bond donors (Lipinski definition) is 1. The van der Waals surface area contributed by atoms with Crippen molar-refractivity contribution in [3.05, 3.63) is 53.6 Å². The summed E-state index contributed by atoms with van der Waals surface area (Å²) in [6.07, 6.45) is -4.62. The monoisotopic (exact) mass is 289 g/mol. The van der Waals surface area contributed by atoms with E-state index in [0.717, 1.165) is 24.3 Å². The maximum Gasteiger partial charge on any atom is 0.416 e. The van der Waals surface area contributed by atoms with Crippen molar-refractivity contribution in [2.24, 2.45) is 0 Å². The lowest BCUT2D eigenvalue weighted by molar-refractivity contribution is -0.137. The van der Waals surface area contributed by atoms with E-state index < -0.39 is 29.1 Å². The lowest BCUT2D eigenvalue weighted by atomic mass is 10.2. The van der Waals surface area contributed by atoms with Crippen molar-refractivity contribution in [3.8, 4) is 11.5 Å². The number of nitrogen functional groups attached to an aromatic ring is 1. The first-order valence-electron chi connectivity index (χ1n) is 5.37. The van der Waals surface area contributed by atoms with Gasteiger partial charge >= 0.3 is 6.18 Å². The van der Waals surface area contributed by atoms with Gasteiger partial charge in [-0.2, -0.15) is 17.6 Å². The molecule has 2 nitrogen and oxygen atoms in total. The highest BCUT2D eigenvalue weighted by Crippen LogP contribution is 2.35. The zero-order valence-electron chi connectivity index (χ0n) is 9.84. The van der Waals surface area contributed by atoms with Crippen LogP contribution in [0.5, 0.6) is 11.5 Å². The third kappa shape index (κ3) is 2.98. The second-order valence-electron chi connectivity index (χ2n) is 3.94. The normalized spacial score (nSPS) is 11.4. The molecule has 2 aromatic rings. The standard InChI is InChI=1S/C13H8F5NO/c14-10-2-1-3-11(12(10)15)20-9-5-7(13(16,17)18)4-8(19)6-9/h1-6H,19H2. The third-order valence-corrected chi connectivity index (χ3v) is 2.40. The molecule has 0 aliphatic carbocycles. The zero-order chi connectivity index (χ0) is 14.9. The van der Waals surface area contributed by atoms with Gasteiger partial charge in [0.25, 0.3) is 0 Å². The van der Waals surface area contributed by atoms with Crippen molar-refractivity contribution in [1.82, 2.24) is 0 Å². The van der Waals surface area contributed by atoms with Gasteiger partial charge in [-0.25, -0.2) is 4.39 Å². The molecule has 0 saturated heterocycles. The van der Waals surface area contributed by atoms with Crippen molar-refractivity contribution in [3.63, 3.8) is 0 Å². The van der Waals surface area contributed by atoms with Crippen molar-refractivity contribution in [2.45, 2.75) is 6.18 Å². The molecule has 0 bridgehead atoms. The van der Waals surface area contributed by atoms with Crippen LogP contribution >= 0.6 is 0 Å². The summed E-state index contributed by atoms with van der Waals surface area (Å²) < 4.78 is 69.0. The van der Waals surface area contributed by atoms with Crippen LogP contribution in [-0.4, -0.2) is 0 Å². The number of alkyl halides is 3. The van der Waals surface area contributed by atoms with Crippen LogP contribution in [0.2, 0.25) is 0 Å². The van der Waals surface area contributed by atoms with E-state index in [9.17, 15) is 22.0 Å². The van der Waals surface area contributed by atoms with Gasteiger partial charge in [-0.3, -0.25) is 0 Å². The highest BCUT2D eigenvalue weighted by molar-refractivity contribution is 5.49. The molecule has 106 valence electrons. The van der Waals surface area contributed by atoms with E-state index in [1.807, 2.05) is 0 Å². The molecule has 0 fully saturated rings. The molecule has 0 radical (unpaired) electrons. The smallest absolute Gasteiger partial charge is 0.416 e. The SMILES string of the molecule is Nc1cc(Oc2cccc(F)c2F)cc(C(F)(F)F)c1. The number of anilines is 1. The Bertz CT molecular complexity index is 639. The summed E-state index contributed by atoms with van der Waals surface area (Å²) in [5.41, 5.74) is 4.09. The summed E-state index contributed by atoms with van der Waals surface area (Å²) in [5, 5.41) is 0. The minimum Gasteiger partial charge on any atom is -0.454 e. The molecular formula is C13H8F5NO. The molecule has 0 aromatic heterocycles. The summed E-state index contributed by atoms with van der Waals surface area (Å²) in [6, 6.07) is 5.58. The predicted octanol–water partition coefficient (Wildman–Crippen LogP) is 4.36. The number of hydrogen-bond acceptors (Lipinski definition) is 2. The Morgan fingerprint density at radius 2 is 1.70 bits per heavy atom. The molecule has 0 amide bonds. The van der Waals surface area contributed by atoms with E-state index in [1.165, 1.54) is 6.07 Å². The average Bonchev–Trinajstić information content (AvgIpc) is 2.33. The van der Waals surface area contributed by atoms with E-state index >= 15 is 0 Å². The molecule has 0 heterocycles. The van der Waals surface area contributed by atoms with E-state index in [4.69, 9.17) is 10.5 Å². The molecule has 0 aliphatic rings. The van der Waals surface area contributed by atoms with Gasteiger partial charge in [0, 0.05) is 11.8 Å². The van der Waals surface area contributed by atoms with Crippen molar-refractivity contribution >= 4 is 5.69 Å². The van der Waals surface area contributed by atoms with Gasteiger partial charge in [-0.15, -0.1) is 0 Å². The highest BCUT2D eigenvalue weighted by Gasteiger charge is 2.31. The quantitative estimate of drug-likeness (QED) is 0.658. The highest BCUT2D eigenvalue weighted by atomic mass is 19.4. The summed E-state index contributed by atoms with van der Waals surface area (Å²) in [4.78, 5) is 0. The van der Waals surface area contributed by atoms with Gasteiger partial charge in [-0.05, 0) is 24.3 Å². The lowest BCUT2D eigenvalue weighted by Crippen LogP contribution is -2.06. The van der Waals surface area contributed by atoms with Gasteiger partial charge < -0.3 is 10.5 Å². The zero-order valence-corrected chi connectivity index (χ0v) is 9.84. The average molecular weight is 289 g/mol. The molecule has 20 heavy (non-hydrogen) atoms. The van der Waals surface area contributed by atoms with Crippen LogP contribution in [-0.2, 0) is 6.18 Å². The summed E-state index contributed by atoms with van der Waals surface area (Å²) in [7, 11) is 0. The molecular weight excluding hydrogens is 281 g/mol. The number of ether oxygens (including phenoxy) is 1. The Hall–Kier alpha value is -2.31. The van der Waals surface area contributed by atoms with Gasteiger partial charge in [-0.1, -0.05) is 6.07 Å². The van der Waals surface area contributed by atoms with Crippen molar-refractivity contribution in [1.29, 1.82) is 0 Å². The Labute approximate surface area is 110 Å². The molecule has 0 aliphatic heterocycles. The van der Waals surface area contributed by atoms with Gasteiger partial charge in [0.1, 0.15) is 5.75 Å². The van der Waals surface area contributed by atoms with Gasteiger partial charge in [0.05, 0.1) is 5.56 Å². The second kappa shape index (κ2) is 4.99. The van der Waals surface area contributed by atoms with Crippen LogP contribution in [0.1, 0.15) is 5.56 Å². The number of halogens is 5. The van der Waals surface area contributed by atoms with Crippen molar-refractivity contribution < 1.29 is 26.7 Å². The first-order chi connectivity index (χ1) is 9.27. The van der Waals surface area contributed by atoms with Crippen LogP contribution in [0.4, 0.5) is 27.6 Å². The number of nitrogens with two attached hydrogens (primary N) is 1. The van der Waals surface area contributed by atoms with E-state index in [2.05, 4.69) is 0 Å². The lowest BCUT2D eigenvalue weighted by Gasteiger charge is -2.12. The molecule has 2 N–H and O–H groups in total. The maximum atomic E-state index is 13.4. The molecule has 7 heteroatoms. The number of rotatable bonds is 2. The first kappa shape index (κ1) is 14.1. The number of benzene rings is 2. The minimum atomic E-state index is -4.62. The largest absolute Gasteiger partial charge is 0.454 e. The summed E-state index contributed by atoms with van der Waals surface area (Å²) in [6.45, 7) is 0. The maximum absolute atomic E-state index is 13.4. The van der Waals surface area contributed by atoms with E-state index in [-0.39, 0.29) is 11.4 Å². The Balaban J connectivity index is 2.39. The first-order valence-corrected chi connectivity index (χ1v) is 5.37. The molecule has 0 spiro atoms. The summed E-state index contributed by atoms with van der Waals surface area (Å²) in [5.74, 6) is -3.31. The Kier molecular flexibility index (Phi) is 3.52. The summed E-state index contributed by atoms with van der Waals surface area (Å²) >= 11 is 0. The molecule has 0 atom stereocenters. The Morgan fingerprint density at radius 1 is 1.00 bits per heavy atom. The van der Waals surface area contributed by atoms with Crippen LogP contribution in [0, 0.1) is 11.6 Å². The third-order valence-electron chi connectivity index (χ3n) is 2.40. The minimum absolute atomic E-state index is 0.202. The fourth-order valence-electron chi connectivity index (χ4n) is 1.53. The molecule has 2 rings (SSSR count). The van der Waals surface area contributed by atoms with Crippen LogP contribution in [0.3, 0.4) is 0 Å².